The van der Waals surface area contributed by atoms with Gasteiger partial charge in [0.1, 0.15) is 5.76 Å². The molecule has 0 unspecified atom stereocenters. The van der Waals surface area contributed by atoms with Crippen LogP contribution in [-0.4, -0.2) is 24.2 Å². The van der Waals surface area contributed by atoms with Gasteiger partial charge in [-0.3, -0.25) is 5.43 Å². The molecule has 0 spiro atoms. The van der Waals surface area contributed by atoms with Crippen LogP contribution in [0.3, 0.4) is 0 Å². The van der Waals surface area contributed by atoms with Gasteiger partial charge in [0.25, 0.3) is 0 Å². The summed E-state index contributed by atoms with van der Waals surface area (Å²) in [7, 11) is 3.75. The van der Waals surface area contributed by atoms with E-state index in [0.29, 0.717) is 11.7 Å². The first-order valence-corrected chi connectivity index (χ1v) is 4.33. The Balaban J connectivity index is 2.23. The van der Waals surface area contributed by atoms with Gasteiger partial charge in [-0.15, -0.1) is 0 Å². The van der Waals surface area contributed by atoms with Gasteiger partial charge in [-0.25, -0.2) is 5.01 Å². The summed E-state index contributed by atoms with van der Waals surface area (Å²) < 4.78 is 5.13. The molecule has 0 saturated heterocycles. The second-order valence-corrected chi connectivity index (χ2v) is 3.18. The highest BCUT2D eigenvalue weighted by molar-refractivity contribution is 7.80. The van der Waals surface area contributed by atoms with Gasteiger partial charge in [-0.05, 0) is 24.4 Å². The second kappa shape index (κ2) is 4.84. The molecule has 0 aromatic carbocycles. The first-order valence-electron chi connectivity index (χ1n) is 3.92. The molecular weight excluding hydrogens is 186 g/mol. The van der Waals surface area contributed by atoms with Crippen LogP contribution < -0.4 is 10.7 Å². The van der Waals surface area contributed by atoms with Gasteiger partial charge < -0.3 is 9.73 Å². The topological polar surface area (TPSA) is 40.4 Å². The molecule has 0 aliphatic rings. The fourth-order valence-electron chi connectivity index (χ4n) is 0.823. The SMILES string of the molecule is CN(C)NC(=S)NCc1ccco1. The molecule has 0 radical (unpaired) electrons. The molecule has 5 heteroatoms. The Labute approximate surface area is 82.9 Å². The summed E-state index contributed by atoms with van der Waals surface area (Å²) >= 11 is 5.00. The Bertz CT molecular complexity index is 258. The first kappa shape index (κ1) is 10.0. The van der Waals surface area contributed by atoms with Crippen molar-refractivity contribution in [2.45, 2.75) is 6.54 Å². The molecule has 72 valence electrons. The lowest BCUT2D eigenvalue weighted by Gasteiger charge is -2.14. The van der Waals surface area contributed by atoms with Crippen molar-refractivity contribution in [3.05, 3.63) is 24.2 Å². The molecule has 4 nitrogen and oxygen atoms in total. The molecule has 13 heavy (non-hydrogen) atoms. The van der Waals surface area contributed by atoms with Crippen LogP contribution in [0.25, 0.3) is 0 Å². The molecule has 0 aliphatic carbocycles. The van der Waals surface area contributed by atoms with Crippen molar-refractivity contribution < 1.29 is 4.42 Å². The van der Waals surface area contributed by atoms with E-state index < -0.39 is 0 Å². The molecule has 1 aromatic rings. The average Bonchev–Trinajstić information content (AvgIpc) is 2.51. The zero-order valence-corrected chi connectivity index (χ0v) is 8.52. The van der Waals surface area contributed by atoms with Crippen LogP contribution >= 0.6 is 12.2 Å². The Kier molecular flexibility index (Phi) is 3.72. The molecule has 1 heterocycles. The van der Waals surface area contributed by atoms with Crippen LogP contribution in [0.1, 0.15) is 5.76 Å². The molecule has 0 saturated carbocycles. The third-order valence-electron chi connectivity index (χ3n) is 1.33. The van der Waals surface area contributed by atoms with Crippen molar-refractivity contribution in [1.82, 2.24) is 15.8 Å². The Hall–Kier alpha value is -1.07. The minimum Gasteiger partial charge on any atom is -0.467 e. The highest BCUT2D eigenvalue weighted by atomic mass is 32.1. The lowest BCUT2D eigenvalue weighted by molar-refractivity contribution is 0.358. The van der Waals surface area contributed by atoms with E-state index >= 15 is 0 Å². The van der Waals surface area contributed by atoms with E-state index in [1.807, 2.05) is 26.2 Å². The summed E-state index contributed by atoms with van der Waals surface area (Å²) in [5.41, 5.74) is 2.92. The summed E-state index contributed by atoms with van der Waals surface area (Å²) in [6.45, 7) is 0.604. The van der Waals surface area contributed by atoms with E-state index in [1.165, 1.54) is 0 Å². The molecular formula is C8H13N3OS. The van der Waals surface area contributed by atoms with Crippen molar-refractivity contribution in [3.63, 3.8) is 0 Å². The zero-order chi connectivity index (χ0) is 9.68. The second-order valence-electron chi connectivity index (χ2n) is 2.77. The molecule has 0 atom stereocenters. The Morgan fingerprint density at radius 1 is 1.62 bits per heavy atom. The van der Waals surface area contributed by atoms with E-state index in [1.54, 1.807) is 11.3 Å². The number of thiocarbonyl (C=S) groups is 1. The number of nitrogens with zero attached hydrogens (tertiary/aromatic N) is 1. The van der Waals surface area contributed by atoms with Gasteiger partial charge in [-0.2, -0.15) is 0 Å². The van der Waals surface area contributed by atoms with Gasteiger partial charge in [0, 0.05) is 14.1 Å². The van der Waals surface area contributed by atoms with Gasteiger partial charge >= 0.3 is 0 Å². The average molecular weight is 199 g/mol. The normalized spacial score (nSPS) is 10.1. The van der Waals surface area contributed by atoms with Crippen LogP contribution in [0.15, 0.2) is 22.8 Å². The van der Waals surface area contributed by atoms with Crippen molar-refractivity contribution in [3.8, 4) is 0 Å². The van der Waals surface area contributed by atoms with E-state index in [2.05, 4.69) is 10.7 Å². The number of hydrogen-bond donors (Lipinski definition) is 2. The quantitative estimate of drug-likeness (QED) is 0.554. The Morgan fingerprint density at radius 2 is 2.38 bits per heavy atom. The zero-order valence-electron chi connectivity index (χ0n) is 7.70. The van der Waals surface area contributed by atoms with Gasteiger partial charge in [0.05, 0.1) is 12.8 Å². The predicted molar refractivity (Wildman–Crippen MR) is 55.0 cm³/mol. The van der Waals surface area contributed by atoms with E-state index in [0.717, 1.165) is 5.76 Å². The van der Waals surface area contributed by atoms with E-state index in [9.17, 15) is 0 Å². The fraction of sp³-hybridized carbons (Fsp3) is 0.375. The summed E-state index contributed by atoms with van der Waals surface area (Å²) in [5, 5.41) is 5.36. The molecule has 1 aromatic heterocycles. The maximum absolute atomic E-state index is 5.13. The maximum Gasteiger partial charge on any atom is 0.181 e. The third kappa shape index (κ3) is 3.91. The van der Waals surface area contributed by atoms with Crippen molar-refractivity contribution >= 4 is 17.3 Å². The monoisotopic (exact) mass is 199 g/mol. The molecule has 1 rings (SSSR count). The highest BCUT2D eigenvalue weighted by Crippen LogP contribution is 1.97. The summed E-state index contributed by atoms with van der Waals surface area (Å²) in [5.74, 6) is 0.864. The molecule has 0 bridgehead atoms. The predicted octanol–water partition coefficient (Wildman–Crippen LogP) is 0.720. The number of hydrogen-bond acceptors (Lipinski definition) is 3. The van der Waals surface area contributed by atoms with Gasteiger partial charge in [0.15, 0.2) is 5.11 Å². The number of furan rings is 1. The third-order valence-corrected chi connectivity index (χ3v) is 1.56. The molecule has 2 N–H and O–H groups in total. The van der Waals surface area contributed by atoms with Crippen molar-refractivity contribution in [1.29, 1.82) is 0 Å². The van der Waals surface area contributed by atoms with Crippen LogP contribution in [-0.2, 0) is 6.54 Å². The lowest BCUT2D eigenvalue weighted by atomic mass is 10.4. The lowest BCUT2D eigenvalue weighted by Crippen LogP contribution is -2.42. The van der Waals surface area contributed by atoms with E-state index in [4.69, 9.17) is 16.6 Å². The van der Waals surface area contributed by atoms with E-state index in [-0.39, 0.29) is 0 Å². The van der Waals surface area contributed by atoms with Crippen LogP contribution in [0.5, 0.6) is 0 Å². The van der Waals surface area contributed by atoms with Crippen molar-refractivity contribution in [2.75, 3.05) is 14.1 Å². The van der Waals surface area contributed by atoms with Gasteiger partial charge in [0.2, 0.25) is 0 Å². The minimum atomic E-state index is 0.585. The fourth-order valence-corrected chi connectivity index (χ4v) is 1.08. The molecule has 0 amide bonds. The maximum atomic E-state index is 5.13. The minimum absolute atomic E-state index is 0.585. The largest absolute Gasteiger partial charge is 0.467 e. The summed E-state index contributed by atoms with van der Waals surface area (Å²) in [6.07, 6.45) is 1.64. The smallest absolute Gasteiger partial charge is 0.181 e. The summed E-state index contributed by atoms with van der Waals surface area (Å²) in [4.78, 5) is 0. The molecule has 0 fully saturated rings. The van der Waals surface area contributed by atoms with Crippen molar-refractivity contribution in [2.24, 2.45) is 0 Å². The number of rotatable bonds is 3. The standard InChI is InChI=1S/C8H13N3OS/c1-11(2)10-8(13)9-6-7-4-3-5-12-7/h3-5H,6H2,1-2H3,(H2,9,10,13). The number of hydrazine groups is 1. The first-order chi connectivity index (χ1) is 6.18. The molecule has 0 aliphatic heterocycles. The number of nitrogens with one attached hydrogen (secondary N) is 2. The van der Waals surface area contributed by atoms with Crippen LogP contribution in [0.4, 0.5) is 0 Å². The van der Waals surface area contributed by atoms with Crippen LogP contribution in [0.2, 0.25) is 0 Å². The Morgan fingerprint density at radius 3 is 2.92 bits per heavy atom. The highest BCUT2D eigenvalue weighted by Gasteiger charge is 1.97. The summed E-state index contributed by atoms with van der Waals surface area (Å²) in [6, 6.07) is 3.74. The van der Waals surface area contributed by atoms with Gasteiger partial charge in [-0.1, -0.05) is 0 Å². The van der Waals surface area contributed by atoms with Crippen LogP contribution in [0, 0.1) is 0 Å².